The Hall–Kier alpha value is -3.52. The minimum Gasteiger partial charge on any atom is -0.350 e. The minimum absolute atomic E-state index is 0.0931. The number of carbonyl (C=O) groups excluding carboxylic acids is 2. The van der Waals surface area contributed by atoms with E-state index in [9.17, 15) is 18.4 Å². The molecule has 0 saturated heterocycles. The predicted octanol–water partition coefficient (Wildman–Crippen LogP) is 4.71. The van der Waals surface area contributed by atoms with Crippen molar-refractivity contribution in [2.75, 3.05) is 0 Å². The van der Waals surface area contributed by atoms with Crippen LogP contribution in [0, 0.1) is 11.6 Å². The number of rotatable bonds is 5. The lowest BCUT2D eigenvalue weighted by Crippen LogP contribution is -2.63. The lowest BCUT2D eigenvalue weighted by molar-refractivity contribution is -0.133. The number of fused-ring (bicyclic) bond motifs is 3. The molecule has 4 aromatic rings. The van der Waals surface area contributed by atoms with Gasteiger partial charge in [0.1, 0.15) is 27.7 Å². The summed E-state index contributed by atoms with van der Waals surface area (Å²) in [6.45, 7) is 2.29. The highest BCUT2D eigenvalue weighted by Gasteiger charge is 2.47. The maximum Gasteiger partial charge on any atom is 0.271 e. The van der Waals surface area contributed by atoms with Crippen LogP contribution in [0.3, 0.4) is 0 Å². The molecule has 0 spiro atoms. The maximum atomic E-state index is 13.8. The summed E-state index contributed by atoms with van der Waals surface area (Å²) in [7, 11) is 0. The topological polar surface area (TPSA) is 54.3 Å². The number of hydrogen-bond donors (Lipinski definition) is 1. The smallest absolute Gasteiger partial charge is 0.271 e. The number of thiophene rings is 1. The number of halogens is 2. The van der Waals surface area contributed by atoms with E-state index in [1.54, 1.807) is 31.2 Å². The van der Waals surface area contributed by atoms with Crippen LogP contribution < -0.4 is 5.32 Å². The zero-order chi connectivity index (χ0) is 23.2. The van der Waals surface area contributed by atoms with Crippen LogP contribution in [-0.2, 0) is 24.4 Å². The molecule has 33 heavy (non-hydrogen) atoms. The fraction of sp³-hybridized carbons (Fsp3) is 0.200. The third-order valence-corrected chi connectivity index (χ3v) is 7.07. The van der Waals surface area contributed by atoms with Crippen molar-refractivity contribution in [3.63, 3.8) is 0 Å². The van der Waals surface area contributed by atoms with E-state index in [1.807, 2.05) is 22.1 Å². The summed E-state index contributed by atoms with van der Waals surface area (Å²) in [5.74, 6) is -1.37. The second-order valence-electron chi connectivity index (χ2n) is 8.40. The number of nitrogens with zero attached hydrogens (tertiary/aromatic N) is 2. The molecular weight excluding hydrogens is 444 g/mol. The first-order chi connectivity index (χ1) is 15.8. The summed E-state index contributed by atoms with van der Waals surface area (Å²) in [5.41, 5.74) is 0.640. The number of amides is 2. The third-order valence-electron chi connectivity index (χ3n) is 6.11. The summed E-state index contributed by atoms with van der Waals surface area (Å²) in [6.07, 6.45) is 0. The normalized spacial score (nSPS) is 17.9. The largest absolute Gasteiger partial charge is 0.350 e. The van der Waals surface area contributed by atoms with Gasteiger partial charge in [0.15, 0.2) is 0 Å². The van der Waals surface area contributed by atoms with Crippen molar-refractivity contribution in [1.82, 2.24) is 14.8 Å². The number of hydrogen-bond acceptors (Lipinski definition) is 3. The van der Waals surface area contributed by atoms with E-state index in [0.29, 0.717) is 11.3 Å². The van der Waals surface area contributed by atoms with Crippen molar-refractivity contribution in [1.29, 1.82) is 0 Å². The quantitative estimate of drug-likeness (QED) is 0.464. The van der Waals surface area contributed by atoms with Crippen molar-refractivity contribution >= 4 is 33.4 Å². The summed E-state index contributed by atoms with van der Waals surface area (Å²) in [5, 5.41) is 5.80. The molecule has 0 bridgehead atoms. The zero-order valence-corrected chi connectivity index (χ0v) is 18.7. The molecule has 168 valence electrons. The standard InChI is InChI=1S/C25H21F2N3O2S/c1-25(24(32)28-13-16-5-7-19(26)8-6-16)15-29-21(12-18-9-10-33-23(18)29)22(31)30(25)14-17-3-2-4-20(27)11-17/h2-12H,13-15H2,1H3,(H,28,32)/t25-/m0/s1. The fourth-order valence-corrected chi connectivity index (χ4v) is 5.20. The van der Waals surface area contributed by atoms with Crippen LogP contribution in [0.25, 0.3) is 10.2 Å². The predicted molar refractivity (Wildman–Crippen MR) is 123 cm³/mol. The summed E-state index contributed by atoms with van der Waals surface area (Å²) >= 11 is 1.52. The Labute approximate surface area is 193 Å². The Morgan fingerprint density at radius 1 is 1.06 bits per heavy atom. The number of carbonyl (C=O) groups is 2. The van der Waals surface area contributed by atoms with Crippen molar-refractivity contribution in [2.24, 2.45) is 0 Å². The van der Waals surface area contributed by atoms with Gasteiger partial charge in [0, 0.05) is 18.5 Å². The molecule has 3 heterocycles. The molecule has 0 radical (unpaired) electrons. The highest BCUT2D eigenvalue weighted by molar-refractivity contribution is 7.16. The molecule has 5 rings (SSSR count). The van der Waals surface area contributed by atoms with E-state index < -0.39 is 11.4 Å². The highest BCUT2D eigenvalue weighted by atomic mass is 32.1. The van der Waals surface area contributed by atoms with Crippen LogP contribution in [0.4, 0.5) is 8.78 Å². The van der Waals surface area contributed by atoms with E-state index in [1.165, 1.54) is 40.5 Å². The highest BCUT2D eigenvalue weighted by Crippen LogP contribution is 2.35. The lowest BCUT2D eigenvalue weighted by Gasteiger charge is -2.44. The third kappa shape index (κ3) is 3.80. The van der Waals surface area contributed by atoms with E-state index in [2.05, 4.69) is 5.32 Å². The van der Waals surface area contributed by atoms with Crippen molar-refractivity contribution in [3.05, 3.63) is 94.5 Å². The summed E-state index contributed by atoms with van der Waals surface area (Å²) < 4.78 is 28.9. The Morgan fingerprint density at radius 2 is 1.85 bits per heavy atom. The molecule has 2 aromatic heterocycles. The average Bonchev–Trinajstić information content (AvgIpc) is 3.38. The molecule has 1 atom stereocenters. The molecule has 2 amide bonds. The molecular formula is C25H21F2N3O2S. The van der Waals surface area contributed by atoms with Gasteiger partial charge in [0.2, 0.25) is 5.91 Å². The lowest BCUT2D eigenvalue weighted by atomic mass is 9.93. The van der Waals surface area contributed by atoms with Gasteiger partial charge >= 0.3 is 0 Å². The van der Waals surface area contributed by atoms with Crippen molar-refractivity contribution in [2.45, 2.75) is 32.1 Å². The second kappa shape index (κ2) is 8.12. The van der Waals surface area contributed by atoms with E-state index in [-0.39, 0.29) is 37.3 Å². The molecule has 0 unspecified atom stereocenters. The van der Waals surface area contributed by atoms with Gasteiger partial charge in [-0.3, -0.25) is 9.59 Å². The summed E-state index contributed by atoms with van der Waals surface area (Å²) in [4.78, 5) is 29.6. The first kappa shape index (κ1) is 21.3. The fourth-order valence-electron chi connectivity index (χ4n) is 4.30. The second-order valence-corrected chi connectivity index (χ2v) is 9.30. The van der Waals surface area contributed by atoms with Gasteiger partial charge in [-0.15, -0.1) is 11.3 Å². The maximum absolute atomic E-state index is 13.8. The molecule has 5 nitrogen and oxygen atoms in total. The average molecular weight is 466 g/mol. The minimum atomic E-state index is -1.22. The Kier molecular flexibility index (Phi) is 5.25. The summed E-state index contributed by atoms with van der Waals surface area (Å²) in [6, 6.07) is 15.7. The van der Waals surface area contributed by atoms with Crippen LogP contribution in [0.15, 0.2) is 66.0 Å². The van der Waals surface area contributed by atoms with Crippen molar-refractivity contribution in [3.8, 4) is 0 Å². The molecule has 1 aliphatic heterocycles. The van der Waals surface area contributed by atoms with Crippen LogP contribution in [0.2, 0.25) is 0 Å². The van der Waals surface area contributed by atoms with Gasteiger partial charge in [0.25, 0.3) is 5.91 Å². The van der Waals surface area contributed by atoms with Gasteiger partial charge in [-0.1, -0.05) is 24.3 Å². The Bertz CT molecular complexity index is 1360. The number of aromatic nitrogens is 1. The molecule has 0 aliphatic carbocycles. The Morgan fingerprint density at radius 3 is 2.61 bits per heavy atom. The van der Waals surface area contributed by atoms with Crippen molar-refractivity contribution < 1.29 is 18.4 Å². The molecule has 2 aromatic carbocycles. The van der Waals surface area contributed by atoms with Gasteiger partial charge in [-0.25, -0.2) is 8.78 Å². The molecule has 0 saturated carbocycles. The number of nitrogens with one attached hydrogen (secondary N) is 1. The van der Waals surface area contributed by atoms with Crippen LogP contribution >= 0.6 is 11.3 Å². The van der Waals surface area contributed by atoms with E-state index in [0.717, 1.165) is 15.8 Å². The SMILES string of the molecule is C[C@@]1(C(=O)NCc2ccc(F)cc2)Cn2c(cc3ccsc32)C(=O)N1Cc1cccc(F)c1. The van der Waals surface area contributed by atoms with Gasteiger partial charge in [-0.2, -0.15) is 0 Å². The van der Waals surface area contributed by atoms with E-state index >= 15 is 0 Å². The molecule has 0 fully saturated rings. The molecule has 8 heteroatoms. The molecule has 1 aliphatic rings. The van der Waals surface area contributed by atoms with Gasteiger partial charge in [0.05, 0.1) is 6.54 Å². The first-order valence-electron chi connectivity index (χ1n) is 10.5. The van der Waals surface area contributed by atoms with Crippen LogP contribution in [0.1, 0.15) is 28.5 Å². The van der Waals surface area contributed by atoms with Gasteiger partial charge < -0.3 is 14.8 Å². The zero-order valence-electron chi connectivity index (χ0n) is 17.8. The van der Waals surface area contributed by atoms with Crippen LogP contribution in [0.5, 0.6) is 0 Å². The number of benzene rings is 2. The Balaban J connectivity index is 1.50. The van der Waals surface area contributed by atoms with Crippen LogP contribution in [-0.4, -0.2) is 26.8 Å². The van der Waals surface area contributed by atoms with E-state index in [4.69, 9.17) is 0 Å². The molecule has 1 N–H and O–H groups in total. The first-order valence-corrected chi connectivity index (χ1v) is 11.4. The van der Waals surface area contributed by atoms with Gasteiger partial charge in [-0.05, 0) is 59.8 Å². The monoisotopic (exact) mass is 465 g/mol.